The highest BCUT2D eigenvalue weighted by atomic mass is 35.5. The van der Waals surface area contributed by atoms with Crippen LogP contribution in [0.2, 0.25) is 5.02 Å². The highest BCUT2D eigenvalue weighted by molar-refractivity contribution is 6.33. The molecule has 0 spiro atoms. The third kappa shape index (κ3) is 1.62. The fourth-order valence-corrected chi connectivity index (χ4v) is 2.25. The average molecular weight is 259 g/mol. The van der Waals surface area contributed by atoms with Gasteiger partial charge in [-0.25, -0.2) is 4.98 Å². The van der Waals surface area contributed by atoms with Crippen LogP contribution < -0.4 is 5.73 Å². The van der Waals surface area contributed by atoms with Crippen LogP contribution in [0.3, 0.4) is 0 Å². The standard InChI is InChI=1S/C13H11ClN4/c1-8-6-9(14)13-17-11(12(15)18(13)7-8)10-4-2-3-5-16-10/h2-7H,15H2,1H3. The van der Waals surface area contributed by atoms with Crippen LogP contribution in [0.15, 0.2) is 36.7 Å². The predicted molar refractivity (Wildman–Crippen MR) is 72.6 cm³/mol. The van der Waals surface area contributed by atoms with Gasteiger partial charge in [0, 0.05) is 12.4 Å². The molecule has 3 aromatic rings. The van der Waals surface area contributed by atoms with Crippen molar-refractivity contribution in [1.29, 1.82) is 0 Å². The Hall–Kier alpha value is -2.07. The molecule has 3 heterocycles. The van der Waals surface area contributed by atoms with Crippen LogP contribution >= 0.6 is 11.6 Å². The van der Waals surface area contributed by atoms with Gasteiger partial charge in [0.05, 0.1) is 10.7 Å². The van der Waals surface area contributed by atoms with Crippen LogP contribution in [0.5, 0.6) is 0 Å². The molecule has 2 N–H and O–H groups in total. The first-order valence-electron chi connectivity index (χ1n) is 5.52. The van der Waals surface area contributed by atoms with Crippen LogP contribution in [0.25, 0.3) is 17.0 Å². The molecule has 0 amide bonds. The fourth-order valence-electron chi connectivity index (χ4n) is 1.94. The number of rotatable bonds is 1. The number of aryl methyl sites for hydroxylation is 1. The van der Waals surface area contributed by atoms with E-state index in [9.17, 15) is 0 Å². The number of pyridine rings is 2. The van der Waals surface area contributed by atoms with Crippen LogP contribution in [0, 0.1) is 6.92 Å². The first kappa shape index (κ1) is 11.0. The minimum atomic E-state index is 0.550. The van der Waals surface area contributed by atoms with Gasteiger partial charge in [-0.15, -0.1) is 0 Å². The second-order valence-corrected chi connectivity index (χ2v) is 4.53. The fraction of sp³-hybridized carbons (Fsp3) is 0.0769. The Labute approximate surface area is 109 Å². The Morgan fingerprint density at radius 2 is 2.17 bits per heavy atom. The van der Waals surface area contributed by atoms with E-state index in [2.05, 4.69) is 9.97 Å². The monoisotopic (exact) mass is 258 g/mol. The van der Waals surface area contributed by atoms with Gasteiger partial charge in [0.15, 0.2) is 5.65 Å². The molecule has 3 aromatic heterocycles. The molecule has 0 fully saturated rings. The van der Waals surface area contributed by atoms with Gasteiger partial charge in [-0.3, -0.25) is 9.38 Å². The molecular weight excluding hydrogens is 248 g/mol. The molecule has 0 aliphatic carbocycles. The van der Waals surface area contributed by atoms with E-state index in [-0.39, 0.29) is 0 Å². The number of aromatic nitrogens is 3. The molecule has 0 unspecified atom stereocenters. The van der Waals surface area contributed by atoms with Crippen LogP contribution in [-0.2, 0) is 0 Å². The molecule has 0 saturated heterocycles. The zero-order chi connectivity index (χ0) is 12.7. The Morgan fingerprint density at radius 3 is 2.89 bits per heavy atom. The number of hydrogen-bond acceptors (Lipinski definition) is 3. The van der Waals surface area contributed by atoms with Gasteiger partial charge in [0.1, 0.15) is 11.5 Å². The maximum atomic E-state index is 6.18. The maximum absolute atomic E-state index is 6.18. The predicted octanol–water partition coefficient (Wildman–Crippen LogP) is 2.94. The zero-order valence-corrected chi connectivity index (χ0v) is 10.5. The lowest BCUT2D eigenvalue weighted by Crippen LogP contribution is -1.95. The van der Waals surface area contributed by atoms with Crippen LogP contribution in [0.1, 0.15) is 5.56 Å². The number of nitrogen functional groups attached to an aromatic ring is 1. The molecule has 0 radical (unpaired) electrons. The molecule has 3 rings (SSSR count). The third-order valence-electron chi connectivity index (χ3n) is 2.76. The van der Waals surface area contributed by atoms with Crippen molar-refractivity contribution in [2.24, 2.45) is 0 Å². The molecular formula is C13H11ClN4. The van der Waals surface area contributed by atoms with Gasteiger partial charge in [-0.2, -0.15) is 0 Å². The van der Waals surface area contributed by atoms with E-state index in [0.29, 0.717) is 22.2 Å². The van der Waals surface area contributed by atoms with E-state index in [1.807, 2.05) is 37.4 Å². The van der Waals surface area contributed by atoms with E-state index in [0.717, 1.165) is 11.3 Å². The Balaban J connectivity index is 2.33. The number of nitrogens with two attached hydrogens (primary N) is 1. The Bertz CT molecular complexity index is 719. The Kier molecular flexibility index (Phi) is 2.45. The van der Waals surface area contributed by atoms with Crippen molar-refractivity contribution in [3.63, 3.8) is 0 Å². The SMILES string of the molecule is Cc1cc(Cl)c2nc(-c3ccccn3)c(N)n2c1. The molecule has 0 aliphatic heterocycles. The summed E-state index contributed by atoms with van der Waals surface area (Å²) in [6.45, 7) is 1.96. The van der Waals surface area contributed by atoms with Crippen LogP contribution in [0.4, 0.5) is 5.82 Å². The van der Waals surface area contributed by atoms with Gasteiger partial charge < -0.3 is 5.73 Å². The number of anilines is 1. The lowest BCUT2D eigenvalue weighted by molar-refractivity contribution is 1.16. The number of imidazole rings is 1. The quantitative estimate of drug-likeness (QED) is 0.730. The summed E-state index contributed by atoms with van der Waals surface area (Å²) in [6, 6.07) is 7.50. The van der Waals surface area contributed by atoms with Gasteiger partial charge in [-0.1, -0.05) is 17.7 Å². The second kappa shape index (κ2) is 3.99. The van der Waals surface area contributed by atoms with Crippen molar-refractivity contribution in [2.75, 3.05) is 5.73 Å². The zero-order valence-electron chi connectivity index (χ0n) is 9.76. The molecule has 0 aliphatic rings. The van der Waals surface area contributed by atoms with E-state index in [1.54, 1.807) is 10.6 Å². The number of halogens is 1. The van der Waals surface area contributed by atoms with Gasteiger partial charge in [0.25, 0.3) is 0 Å². The van der Waals surface area contributed by atoms with Crippen LogP contribution in [-0.4, -0.2) is 14.4 Å². The van der Waals surface area contributed by atoms with E-state index in [1.165, 1.54) is 0 Å². The summed E-state index contributed by atoms with van der Waals surface area (Å²) >= 11 is 6.18. The van der Waals surface area contributed by atoms with Crippen molar-refractivity contribution in [3.05, 3.63) is 47.2 Å². The minimum Gasteiger partial charge on any atom is -0.383 e. The summed E-state index contributed by atoms with van der Waals surface area (Å²) in [5.41, 5.74) is 9.19. The first-order valence-corrected chi connectivity index (χ1v) is 5.89. The minimum absolute atomic E-state index is 0.550. The molecule has 4 nitrogen and oxygen atoms in total. The van der Waals surface area contributed by atoms with E-state index < -0.39 is 0 Å². The van der Waals surface area contributed by atoms with Gasteiger partial charge in [-0.05, 0) is 30.7 Å². The molecule has 0 atom stereocenters. The van der Waals surface area contributed by atoms with Crippen molar-refractivity contribution < 1.29 is 0 Å². The van der Waals surface area contributed by atoms with Crippen molar-refractivity contribution >= 4 is 23.1 Å². The Morgan fingerprint density at radius 1 is 1.33 bits per heavy atom. The maximum Gasteiger partial charge on any atom is 0.158 e. The molecule has 18 heavy (non-hydrogen) atoms. The number of nitrogens with zero attached hydrogens (tertiary/aromatic N) is 3. The van der Waals surface area contributed by atoms with Crippen molar-refractivity contribution in [3.8, 4) is 11.4 Å². The summed E-state index contributed by atoms with van der Waals surface area (Å²) in [5, 5.41) is 0.587. The molecule has 5 heteroatoms. The van der Waals surface area contributed by atoms with E-state index in [4.69, 9.17) is 17.3 Å². The third-order valence-corrected chi connectivity index (χ3v) is 3.03. The van der Waals surface area contributed by atoms with Gasteiger partial charge in [0.2, 0.25) is 0 Å². The molecule has 0 aromatic carbocycles. The van der Waals surface area contributed by atoms with Gasteiger partial charge >= 0.3 is 0 Å². The van der Waals surface area contributed by atoms with Crippen molar-refractivity contribution in [1.82, 2.24) is 14.4 Å². The summed E-state index contributed by atoms with van der Waals surface area (Å²) in [7, 11) is 0. The second-order valence-electron chi connectivity index (χ2n) is 4.12. The lowest BCUT2D eigenvalue weighted by atomic mass is 10.3. The average Bonchev–Trinajstić information content (AvgIpc) is 2.69. The smallest absolute Gasteiger partial charge is 0.158 e. The lowest BCUT2D eigenvalue weighted by Gasteiger charge is -2.00. The normalized spacial score (nSPS) is 11.0. The first-order chi connectivity index (χ1) is 8.66. The number of fused-ring (bicyclic) bond motifs is 1. The summed E-state index contributed by atoms with van der Waals surface area (Å²) in [4.78, 5) is 8.72. The van der Waals surface area contributed by atoms with Crippen molar-refractivity contribution in [2.45, 2.75) is 6.92 Å². The largest absolute Gasteiger partial charge is 0.383 e. The number of hydrogen-bond donors (Lipinski definition) is 1. The molecule has 0 saturated carbocycles. The van der Waals surface area contributed by atoms with E-state index >= 15 is 0 Å². The summed E-state index contributed by atoms with van der Waals surface area (Å²) in [6.07, 6.45) is 3.63. The highest BCUT2D eigenvalue weighted by Gasteiger charge is 2.14. The molecule has 0 bridgehead atoms. The summed E-state index contributed by atoms with van der Waals surface area (Å²) in [5.74, 6) is 0.550. The summed E-state index contributed by atoms with van der Waals surface area (Å²) < 4.78 is 1.79. The highest BCUT2D eigenvalue weighted by Crippen LogP contribution is 2.28. The topological polar surface area (TPSA) is 56.2 Å². The molecule has 90 valence electrons.